The van der Waals surface area contributed by atoms with Crippen molar-refractivity contribution >= 4 is 17.5 Å². The monoisotopic (exact) mass is 305 g/mol. The van der Waals surface area contributed by atoms with Crippen molar-refractivity contribution in [2.45, 2.75) is 25.8 Å². The van der Waals surface area contributed by atoms with Crippen molar-refractivity contribution in [1.82, 2.24) is 15.2 Å². The van der Waals surface area contributed by atoms with Crippen LogP contribution < -0.4 is 10.6 Å². The van der Waals surface area contributed by atoms with E-state index < -0.39 is 0 Å². The van der Waals surface area contributed by atoms with E-state index >= 15 is 0 Å². The van der Waals surface area contributed by atoms with Crippen LogP contribution in [0, 0.1) is 5.92 Å². The van der Waals surface area contributed by atoms with Crippen molar-refractivity contribution < 1.29 is 0 Å². The van der Waals surface area contributed by atoms with Crippen LogP contribution >= 0.6 is 11.6 Å². The fourth-order valence-corrected chi connectivity index (χ4v) is 2.71. The van der Waals surface area contributed by atoms with Crippen molar-refractivity contribution in [3.05, 3.63) is 40.7 Å². The first kappa shape index (κ1) is 14.4. The van der Waals surface area contributed by atoms with Crippen LogP contribution in [0.1, 0.15) is 24.7 Å². The van der Waals surface area contributed by atoms with Crippen LogP contribution in [0.15, 0.2) is 24.3 Å². The predicted molar refractivity (Wildman–Crippen MR) is 84.6 cm³/mol. The molecule has 0 aliphatic carbocycles. The molecule has 112 valence electrons. The average Bonchev–Trinajstić information content (AvgIpc) is 2.93. The molecule has 3 N–H and O–H groups in total. The molecule has 3 rings (SSSR count). The summed E-state index contributed by atoms with van der Waals surface area (Å²) in [6.07, 6.45) is 1.81. The van der Waals surface area contributed by atoms with Crippen LogP contribution in [0.3, 0.4) is 0 Å². The van der Waals surface area contributed by atoms with Gasteiger partial charge in [-0.25, -0.2) is 0 Å². The number of aromatic nitrogens is 3. The van der Waals surface area contributed by atoms with Gasteiger partial charge in [-0.15, -0.1) is 5.10 Å². The van der Waals surface area contributed by atoms with Crippen molar-refractivity contribution in [2.24, 2.45) is 11.7 Å². The molecule has 2 heterocycles. The van der Waals surface area contributed by atoms with E-state index in [1.165, 1.54) is 0 Å². The molecule has 21 heavy (non-hydrogen) atoms. The number of aromatic amines is 1. The molecule has 1 aromatic heterocycles. The van der Waals surface area contributed by atoms with Crippen molar-refractivity contribution in [3.8, 4) is 0 Å². The third kappa shape index (κ3) is 3.36. The van der Waals surface area contributed by atoms with Gasteiger partial charge in [-0.3, -0.25) is 5.10 Å². The zero-order valence-corrected chi connectivity index (χ0v) is 12.8. The number of halogens is 1. The molecule has 0 bridgehead atoms. The molecule has 1 aliphatic rings. The number of H-pyrrole nitrogens is 1. The lowest BCUT2D eigenvalue weighted by molar-refractivity contribution is 0.376. The minimum absolute atomic E-state index is 0.192. The van der Waals surface area contributed by atoms with Crippen molar-refractivity contribution in [2.75, 3.05) is 18.0 Å². The largest absolute Gasteiger partial charge is 0.338 e. The summed E-state index contributed by atoms with van der Waals surface area (Å²) in [5, 5.41) is 8.08. The molecular weight excluding hydrogens is 286 g/mol. The Labute approximate surface area is 129 Å². The zero-order chi connectivity index (χ0) is 14.8. The van der Waals surface area contributed by atoms with E-state index in [0.717, 1.165) is 48.3 Å². The van der Waals surface area contributed by atoms with Crippen LogP contribution in [0.2, 0.25) is 5.02 Å². The second-order valence-corrected chi connectivity index (χ2v) is 6.20. The number of hydrogen-bond acceptors (Lipinski definition) is 4. The Morgan fingerprint density at radius 3 is 2.86 bits per heavy atom. The summed E-state index contributed by atoms with van der Waals surface area (Å²) in [6, 6.07) is 7.97. The maximum absolute atomic E-state index is 6.13. The molecule has 0 radical (unpaired) electrons. The average molecular weight is 306 g/mol. The fourth-order valence-electron chi connectivity index (χ4n) is 2.58. The van der Waals surface area contributed by atoms with Crippen LogP contribution in [-0.2, 0) is 6.42 Å². The predicted octanol–water partition coefficient (Wildman–Crippen LogP) is 2.22. The number of anilines is 1. The smallest absolute Gasteiger partial charge is 0.244 e. The lowest BCUT2D eigenvalue weighted by atomic mass is 9.95. The Morgan fingerprint density at radius 1 is 1.38 bits per heavy atom. The number of nitrogens with one attached hydrogen (secondary N) is 1. The minimum atomic E-state index is 0.192. The van der Waals surface area contributed by atoms with Crippen LogP contribution in [0.25, 0.3) is 0 Å². The molecule has 2 unspecified atom stereocenters. The number of benzene rings is 1. The number of nitrogens with zero attached hydrogens (tertiary/aromatic N) is 3. The van der Waals surface area contributed by atoms with Gasteiger partial charge in [0.15, 0.2) is 0 Å². The third-order valence-corrected chi connectivity index (χ3v) is 4.36. The fraction of sp³-hybridized carbons (Fsp3) is 0.467. The number of rotatable bonds is 3. The van der Waals surface area contributed by atoms with E-state index in [-0.39, 0.29) is 6.04 Å². The van der Waals surface area contributed by atoms with Gasteiger partial charge in [0, 0.05) is 30.6 Å². The Morgan fingerprint density at radius 2 is 2.14 bits per heavy atom. The van der Waals surface area contributed by atoms with Gasteiger partial charge >= 0.3 is 0 Å². The number of nitrogens with two attached hydrogens (primary N) is 1. The standard InChI is InChI=1S/C15H20ClN5/c1-10-6-7-21(9-13(10)17)15-18-14(19-20-15)8-11-2-4-12(16)5-3-11/h2-5,10,13H,6-9,17H2,1H3,(H,18,19,20). The van der Waals surface area contributed by atoms with Crippen molar-refractivity contribution in [1.29, 1.82) is 0 Å². The van der Waals surface area contributed by atoms with Gasteiger partial charge in [-0.05, 0) is 30.0 Å². The highest BCUT2D eigenvalue weighted by molar-refractivity contribution is 6.30. The van der Waals surface area contributed by atoms with E-state index in [9.17, 15) is 0 Å². The normalized spacial score (nSPS) is 22.5. The molecule has 6 heteroatoms. The lowest BCUT2D eigenvalue weighted by Crippen LogP contribution is -2.48. The molecule has 2 atom stereocenters. The van der Waals surface area contributed by atoms with Crippen LogP contribution in [0.4, 0.5) is 5.95 Å². The SMILES string of the molecule is CC1CCN(c2n[nH]c(Cc3ccc(Cl)cc3)n2)CC1N. The number of piperidine rings is 1. The molecule has 0 amide bonds. The second kappa shape index (κ2) is 6.03. The summed E-state index contributed by atoms with van der Waals surface area (Å²) in [5.74, 6) is 2.18. The maximum Gasteiger partial charge on any atom is 0.244 e. The van der Waals surface area contributed by atoms with Gasteiger partial charge in [0.2, 0.25) is 5.95 Å². The summed E-state index contributed by atoms with van der Waals surface area (Å²) in [5.41, 5.74) is 7.29. The highest BCUT2D eigenvalue weighted by Gasteiger charge is 2.25. The highest BCUT2D eigenvalue weighted by Crippen LogP contribution is 2.20. The second-order valence-electron chi connectivity index (χ2n) is 5.76. The summed E-state index contributed by atoms with van der Waals surface area (Å²) in [4.78, 5) is 6.74. The summed E-state index contributed by atoms with van der Waals surface area (Å²) in [7, 11) is 0. The Kier molecular flexibility index (Phi) is 4.12. The maximum atomic E-state index is 6.13. The van der Waals surface area contributed by atoms with Gasteiger partial charge in [0.1, 0.15) is 5.82 Å². The van der Waals surface area contributed by atoms with E-state index in [1.54, 1.807) is 0 Å². The first-order chi connectivity index (χ1) is 10.1. The molecule has 2 aromatic rings. The van der Waals surface area contributed by atoms with E-state index in [1.807, 2.05) is 24.3 Å². The number of hydrogen-bond donors (Lipinski definition) is 2. The van der Waals surface area contributed by atoms with Gasteiger partial charge in [-0.1, -0.05) is 30.7 Å². The summed E-state index contributed by atoms with van der Waals surface area (Å²) >= 11 is 5.89. The molecule has 1 aromatic carbocycles. The molecule has 1 aliphatic heterocycles. The Bertz CT molecular complexity index is 594. The van der Waals surface area contributed by atoms with E-state index in [2.05, 4.69) is 27.0 Å². The lowest BCUT2D eigenvalue weighted by Gasteiger charge is -2.34. The minimum Gasteiger partial charge on any atom is -0.338 e. The van der Waals surface area contributed by atoms with E-state index in [0.29, 0.717) is 5.92 Å². The molecule has 0 spiro atoms. The molecule has 5 nitrogen and oxygen atoms in total. The van der Waals surface area contributed by atoms with Gasteiger partial charge in [0.05, 0.1) is 0 Å². The van der Waals surface area contributed by atoms with Crippen molar-refractivity contribution in [3.63, 3.8) is 0 Å². The molecule has 1 fully saturated rings. The summed E-state index contributed by atoms with van der Waals surface area (Å²) < 4.78 is 0. The van der Waals surface area contributed by atoms with E-state index in [4.69, 9.17) is 17.3 Å². The van der Waals surface area contributed by atoms with Crippen LogP contribution in [-0.4, -0.2) is 34.3 Å². The first-order valence-electron chi connectivity index (χ1n) is 7.28. The topological polar surface area (TPSA) is 70.8 Å². The van der Waals surface area contributed by atoms with Crippen LogP contribution in [0.5, 0.6) is 0 Å². The Balaban J connectivity index is 1.67. The van der Waals surface area contributed by atoms with Gasteiger partial charge in [0.25, 0.3) is 0 Å². The van der Waals surface area contributed by atoms with Gasteiger partial charge < -0.3 is 10.6 Å². The quantitative estimate of drug-likeness (QED) is 0.912. The molecular formula is C15H20ClN5. The Hall–Kier alpha value is -1.59. The zero-order valence-electron chi connectivity index (χ0n) is 12.1. The van der Waals surface area contributed by atoms with Gasteiger partial charge in [-0.2, -0.15) is 4.98 Å². The first-order valence-corrected chi connectivity index (χ1v) is 7.66. The highest BCUT2D eigenvalue weighted by atomic mass is 35.5. The third-order valence-electron chi connectivity index (χ3n) is 4.10. The molecule has 1 saturated heterocycles. The molecule has 0 saturated carbocycles. The summed E-state index contributed by atoms with van der Waals surface area (Å²) in [6.45, 7) is 3.98.